The Kier molecular flexibility index (Phi) is 4.50. The van der Waals surface area contributed by atoms with Crippen LogP contribution in [0.4, 0.5) is 11.4 Å². The van der Waals surface area contributed by atoms with Gasteiger partial charge in [0.1, 0.15) is 0 Å². The average molecular weight is 294 g/mol. The van der Waals surface area contributed by atoms with Gasteiger partial charge in [-0.1, -0.05) is 77.9 Å². The van der Waals surface area contributed by atoms with Gasteiger partial charge in [0, 0.05) is 0 Å². The van der Waals surface area contributed by atoms with Crippen LogP contribution in [-0.4, -0.2) is 0 Å². The largest absolute Gasteiger partial charge is 0.150 e. The first-order valence-corrected chi connectivity index (χ1v) is 7.80. The highest BCUT2D eigenvalue weighted by atomic mass is 15.1. The Morgan fingerprint density at radius 3 is 1.18 bits per heavy atom. The summed E-state index contributed by atoms with van der Waals surface area (Å²) in [6, 6.07) is 16.5. The molecule has 0 bridgehead atoms. The lowest BCUT2D eigenvalue weighted by molar-refractivity contribution is 0.588. The Morgan fingerprint density at radius 2 is 0.864 bits per heavy atom. The summed E-state index contributed by atoms with van der Waals surface area (Å²) in [6.07, 6.45) is 0. The molecule has 116 valence electrons. The molecule has 0 spiro atoms. The van der Waals surface area contributed by atoms with E-state index in [0.717, 1.165) is 11.4 Å². The first-order chi connectivity index (χ1) is 10.2. The van der Waals surface area contributed by atoms with Crippen LogP contribution in [0.5, 0.6) is 0 Å². The van der Waals surface area contributed by atoms with Crippen LogP contribution in [0.3, 0.4) is 0 Å². The fourth-order valence-electron chi connectivity index (χ4n) is 2.50. The van der Waals surface area contributed by atoms with Crippen LogP contribution in [0, 0.1) is 0 Å². The highest BCUT2D eigenvalue weighted by Gasteiger charge is 2.19. The third-order valence-corrected chi connectivity index (χ3v) is 3.69. The van der Waals surface area contributed by atoms with E-state index in [9.17, 15) is 0 Å². The minimum atomic E-state index is 0.0547. The summed E-state index contributed by atoms with van der Waals surface area (Å²) in [5, 5.41) is 9.08. The monoisotopic (exact) mass is 294 g/mol. The Hall–Kier alpha value is -1.96. The highest BCUT2D eigenvalue weighted by Crippen LogP contribution is 2.35. The lowest BCUT2D eigenvalue weighted by Crippen LogP contribution is -2.11. The number of azo groups is 1. The standard InChI is InChI=1S/C20H26N2/c1-19(2,3)15-11-7-9-13-17(15)21-22-18-14-10-8-12-16(18)20(4,5)6/h7-14H,1-6H3/b22-21+. The molecule has 2 heteroatoms. The molecule has 0 saturated heterocycles. The van der Waals surface area contributed by atoms with Crippen molar-refractivity contribution in [2.24, 2.45) is 10.2 Å². The van der Waals surface area contributed by atoms with Gasteiger partial charge in [-0.2, -0.15) is 10.2 Å². The smallest absolute Gasteiger partial charge is 0.0894 e. The average Bonchev–Trinajstić information content (AvgIpc) is 2.44. The number of nitrogens with zero attached hydrogens (tertiary/aromatic N) is 2. The zero-order valence-corrected chi connectivity index (χ0v) is 14.5. The van der Waals surface area contributed by atoms with E-state index in [2.05, 4.69) is 76.0 Å². The summed E-state index contributed by atoms with van der Waals surface area (Å²) < 4.78 is 0. The quantitative estimate of drug-likeness (QED) is 0.551. The van der Waals surface area contributed by atoms with E-state index in [0.29, 0.717) is 0 Å². The molecule has 2 aromatic rings. The first kappa shape index (κ1) is 16.4. The summed E-state index contributed by atoms with van der Waals surface area (Å²) in [6.45, 7) is 13.2. The van der Waals surface area contributed by atoms with Gasteiger partial charge in [0.05, 0.1) is 11.4 Å². The number of hydrogen-bond donors (Lipinski definition) is 0. The Bertz CT molecular complexity index is 611. The molecule has 0 fully saturated rings. The van der Waals surface area contributed by atoms with Crippen molar-refractivity contribution in [3.8, 4) is 0 Å². The van der Waals surface area contributed by atoms with Gasteiger partial charge in [-0.15, -0.1) is 0 Å². The van der Waals surface area contributed by atoms with Gasteiger partial charge in [0.15, 0.2) is 0 Å². The van der Waals surface area contributed by atoms with Crippen molar-refractivity contribution in [2.75, 3.05) is 0 Å². The Labute approximate surface area is 134 Å². The number of hydrogen-bond acceptors (Lipinski definition) is 2. The van der Waals surface area contributed by atoms with Gasteiger partial charge in [-0.05, 0) is 34.1 Å². The van der Waals surface area contributed by atoms with Gasteiger partial charge < -0.3 is 0 Å². The second-order valence-electron chi connectivity index (χ2n) is 7.73. The molecule has 0 heterocycles. The van der Waals surface area contributed by atoms with Crippen LogP contribution in [0.25, 0.3) is 0 Å². The maximum Gasteiger partial charge on any atom is 0.0894 e. The van der Waals surface area contributed by atoms with E-state index in [1.54, 1.807) is 0 Å². The first-order valence-electron chi connectivity index (χ1n) is 7.80. The molecule has 2 nitrogen and oxygen atoms in total. The van der Waals surface area contributed by atoms with Crippen LogP contribution in [0.2, 0.25) is 0 Å². The molecule has 0 radical (unpaired) electrons. The topological polar surface area (TPSA) is 24.7 Å². The maximum atomic E-state index is 4.54. The van der Waals surface area contributed by atoms with E-state index in [1.165, 1.54) is 11.1 Å². The van der Waals surface area contributed by atoms with Gasteiger partial charge >= 0.3 is 0 Å². The molecular formula is C20H26N2. The molecule has 22 heavy (non-hydrogen) atoms. The SMILES string of the molecule is CC(C)(C)c1ccccc1/N=N/c1ccccc1C(C)(C)C. The summed E-state index contributed by atoms with van der Waals surface area (Å²) >= 11 is 0. The van der Waals surface area contributed by atoms with Crippen LogP contribution in [-0.2, 0) is 10.8 Å². The molecule has 0 aliphatic heterocycles. The third kappa shape index (κ3) is 3.82. The van der Waals surface area contributed by atoms with Crippen LogP contribution < -0.4 is 0 Å². The van der Waals surface area contributed by atoms with Crippen molar-refractivity contribution in [1.82, 2.24) is 0 Å². The van der Waals surface area contributed by atoms with E-state index in [-0.39, 0.29) is 10.8 Å². The Morgan fingerprint density at radius 1 is 0.545 bits per heavy atom. The molecule has 2 aromatic carbocycles. The molecular weight excluding hydrogens is 268 g/mol. The van der Waals surface area contributed by atoms with E-state index in [4.69, 9.17) is 0 Å². The molecule has 0 amide bonds. The van der Waals surface area contributed by atoms with Crippen molar-refractivity contribution in [2.45, 2.75) is 52.4 Å². The lowest BCUT2D eigenvalue weighted by atomic mass is 9.86. The zero-order valence-electron chi connectivity index (χ0n) is 14.5. The second kappa shape index (κ2) is 6.04. The van der Waals surface area contributed by atoms with E-state index in [1.807, 2.05) is 24.3 Å². The molecule has 0 aliphatic carbocycles. The molecule has 0 saturated carbocycles. The van der Waals surface area contributed by atoms with Crippen molar-refractivity contribution < 1.29 is 0 Å². The van der Waals surface area contributed by atoms with Crippen LogP contribution in [0.15, 0.2) is 58.8 Å². The number of benzene rings is 2. The summed E-state index contributed by atoms with van der Waals surface area (Å²) in [7, 11) is 0. The normalized spacial score (nSPS) is 12.8. The van der Waals surface area contributed by atoms with E-state index < -0.39 is 0 Å². The lowest BCUT2D eigenvalue weighted by Gasteiger charge is -2.21. The second-order valence-corrected chi connectivity index (χ2v) is 7.73. The molecule has 0 unspecified atom stereocenters. The third-order valence-electron chi connectivity index (χ3n) is 3.69. The Balaban J connectivity index is 2.43. The predicted molar refractivity (Wildman–Crippen MR) is 94.5 cm³/mol. The maximum absolute atomic E-state index is 4.54. The zero-order chi connectivity index (χ0) is 16.4. The molecule has 2 rings (SSSR count). The molecule has 0 N–H and O–H groups in total. The molecule has 0 aromatic heterocycles. The summed E-state index contributed by atoms with van der Waals surface area (Å²) in [5.41, 5.74) is 4.43. The predicted octanol–water partition coefficient (Wildman–Crippen LogP) is 6.70. The summed E-state index contributed by atoms with van der Waals surface area (Å²) in [4.78, 5) is 0. The van der Waals surface area contributed by atoms with Gasteiger partial charge in [-0.3, -0.25) is 0 Å². The minimum absolute atomic E-state index is 0.0547. The van der Waals surface area contributed by atoms with E-state index >= 15 is 0 Å². The van der Waals surface area contributed by atoms with Crippen molar-refractivity contribution in [1.29, 1.82) is 0 Å². The van der Waals surface area contributed by atoms with Gasteiger partial charge in [0.2, 0.25) is 0 Å². The van der Waals surface area contributed by atoms with Crippen molar-refractivity contribution in [3.05, 3.63) is 59.7 Å². The van der Waals surface area contributed by atoms with Crippen LogP contribution in [0.1, 0.15) is 52.7 Å². The highest BCUT2D eigenvalue weighted by molar-refractivity contribution is 5.52. The minimum Gasteiger partial charge on any atom is -0.150 e. The fourth-order valence-corrected chi connectivity index (χ4v) is 2.50. The van der Waals surface area contributed by atoms with Gasteiger partial charge in [0.25, 0.3) is 0 Å². The number of rotatable bonds is 2. The van der Waals surface area contributed by atoms with Crippen molar-refractivity contribution in [3.63, 3.8) is 0 Å². The van der Waals surface area contributed by atoms with Gasteiger partial charge in [-0.25, -0.2) is 0 Å². The summed E-state index contributed by atoms with van der Waals surface area (Å²) in [5.74, 6) is 0. The fraction of sp³-hybridized carbons (Fsp3) is 0.400. The molecule has 0 atom stereocenters. The molecule has 0 aliphatic rings. The van der Waals surface area contributed by atoms with Crippen LogP contribution >= 0.6 is 0 Å². The van der Waals surface area contributed by atoms with Crippen molar-refractivity contribution >= 4 is 11.4 Å².